The van der Waals surface area contributed by atoms with Crippen molar-refractivity contribution in [3.63, 3.8) is 0 Å². The summed E-state index contributed by atoms with van der Waals surface area (Å²) in [4.78, 5) is 16.7. The number of nitrogens with zero attached hydrogens (tertiary/aromatic N) is 2. The number of benzene rings is 1. The molecule has 2 heterocycles. The molecule has 3 nitrogen and oxygen atoms in total. The fourth-order valence-corrected chi connectivity index (χ4v) is 2.21. The van der Waals surface area contributed by atoms with Crippen molar-refractivity contribution in [2.75, 3.05) is 0 Å². The van der Waals surface area contributed by atoms with Gasteiger partial charge in [-0.3, -0.25) is 9.36 Å². The Labute approximate surface area is 111 Å². The molecule has 1 aromatic carbocycles. The molecule has 2 aromatic heterocycles. The Balaban J connectivity index is 2.42. The van der Waals surface area contributed by atoms with Gasteiger partial charge in [-0.25, -0.2) is 4.98 Å². The van der Waals surface area contributed by atoms with Crippen molar-refractivity contribution in [1.29, 1.82) is 0 Å². The fraction of sp³-hybridized carbons (Fsp3) is 0.125. The molecule has 0 radical (unpaired) electrons. The van der Waals surface area contributed by atoms with Crippen LogP contribution in [0.2, 0.25) is 0 Å². The maximum absolute atomic E-state index is 12.4. The molecular formula is C16H14N2O. The molecule has 0 N–H and O–H groups in total. The van der Waals surface area contributed by atoms with E-state index >= 15 is 0 Å². The van der Waals surface area contributed by atoms with Gasteiger partial charge in [-0.15, -0.1) is 0 Å². The number of aromatic nitrogens is 2. The van der Waals surface area contributed by atoms with Gasteiger partial charge in [0.1, 0.15) is 5.65 Å². The third-order valence-corrected chi connectivity index (χ3v) is 3.23. The molecule has 0 fully saturated rings. The molecule has 0 spiro atoms. The van der Waals surface area contributed by atoms with E-state index in [2.05, 4.69) is 4.98 Å². The number of aryl methyl sites for hydroxylation is 2. The lowest BCUT2D eigenvalue weighted by Crippen LogP contribution is -2.21. The van der Waals surface area contributed by atoms with Gasteiger partial charge in [-0.2, -0.15) is 0 Å². The summed E-state index contributed by atoms with van der Waals surface area (Å²) in [5.41, 5.74) is 3.42. The average Bonchev–Trinajstić information content (AvgIpc) is 2.42. The van der Waals surface area contributed by atoms with E-state index in [1.807, 2.05) is 56.3 Å². The Morgan fingerprint density at radius 1 is 1.05 bits per heavy atom. The van der Waals surface area contributed by atoms with E-state index in [4.69, 9.17) is 0 Å². The third-order valence-electron chi connectivity index (χ3n) is 3.23. The zero-order valence-corrected chi connectivity index (χ0v) is 10.9. The minimum atomic E-state index is -0.0185. The highest BCUT2D eigenvalue weighted by atomic mass is 16.1. The maximum atomic E-state index is 12.4. The lowest BCUT2D eigenvalue weighted by atomic mass is 10.2. The highest BCUT2D eigenvalue weighted by Crippen LogP contribution is 2.15. The van der Waals surface area contributed by atoms with Gasteiger partial charge in [0, 0.05) is 17.1 Å². The summed E-state index contributed by atoms with van der Waals surface area (Å²) < 4.78 is 1.67. The molecule has 3 rings (SSSR count). The number of hydrogen-bond acceptors (Lipinski definition) is 2. The molecule has 0 aliphatic rings. The first-order valence-electron chi connectivity index (χ1n) is 6.21. The van der Waals surface area contributed by atoms with E-state index in [9.17, 15) is 4.79 Å². The smallest absolute Gasteiger partial charge is 0.259 e. The second-order valence-electron chi connectivity index (χ2n) is 4.72. The molecule has 0 amide bonds. The standard InChI is InChI=1S/C16H14N2O/c1-11-5-7-14(8-6-11)18-15-13(4-3-9-17-15)10-12(2)16(18)19/h3-10H,1-2H3. The Morgan fingerprint density at radius 2 is 1.79 bits per heavy atom. The molecule has 3 aromatic rings. The van der Waals surface area contributed by atoms with Crippen molar-refractivity contribution in [3.05, 3.63) is 70.1 Å². The Bertz CT molecular complexity index is 801. The maximum Gasteiger partial charge on any atom is 0.259 e. The molecule has 0 aliphatic carbocycles. The molecule has 3 heteroatoms. The number of pyridine rings is 2. The molecule has 0 atom stereocenters. The van der Waals surface area contributed by atoms with Crippen molar-refractivity contribution in [1.82, 2.24) is 9.55 Å². The fourth-order valence-electron chi connectivity index (χ4n) is 2.21. The SMILES string of the molecule is Cc1ccc(-n2c(=O)c(C)cc3cccnc32)cc1. The average molecular weight is 250 g/mol. The van der Waals surface area contributed by atoms with Crippen molar-refractivity contribution in [2.24, 2.45) is 0 Å². The largest absolute Gasteiger partial charge is 0.269 e. The highest BCUT2D eigenvalue weighted by Gasteiger charge is 2.08. The minimum Gasteiger partial charge on any atom is -0.269 e. The lowest BCUT2D eigenvalue weighted by molar-refractivity contribution is 0.995. The van der Waals surface area contributed by atoms with Crippen LogP contribution < -0.4 is 5.56 Å². The minimum absolute atomic E-state index is 0.0185. The molecule has 0 bridgehead atoms. The molecule has 94 valence electrons. The predicted octanol–water partition coefficient (Wildman–Crippen LogP) is 3.00. The Kier molecular flexibility index (Phi) is 2.67. The Hall–Kier alpha value is -2.42. The van der Waals surface area contributed by atoms with Crippen LogP contribution in [-0.2, 0) is 0 Å². The van der Waals surface area contributed by atoms with E-state index in [0.717, 1.165) is 16.6 Å². The third kappa shape index (κ3) is 1.93. The zero-order valence-electron chi connectivity index (χ0n) is 10.9. The first kappa shape index (κ1) is 11.7. The summed E-state index contributed by atoms with van der Waals surface area (Å²) in [6, 6.07) is 13.6. The molecule has 19 heavy (non-hydrogen) atoms. The van der Waals surface area contributed by atoms with E-state index < -0.39 is 0 Å². The van der Waals surface area contributed by atoms with E-state index in [0.29, 0.717) is 5.65 Å². The summed E-state index contributed by atoms with van der Waals surface area (Å²) in [5.74, 6) is 0. The highest BCUT2D eigenvalue weighted by molar-refractivity contribution is 5.77. The summed E-state index contributed by atoms with van der Waals surface area (Å²) in [6.45, 7) is 3.86. The van der Waals surface area contributed by atoms with Gasteiger partial charge in [0.2, 0.25) is 0 Å². The van der Waals surface area contributed by atoms with E-state index in [-0.39, 0.29) is 5.56 Å². The van der Waals surface area contributed by atoms with Crippen molar-refractivity contribution >= 4 is 11.0 Å². The van der Waals surface area contributed by atoms with Crippen LogP contribution in [0.15, 0.2) is 53.5 Å². The van der Waals surface area contributed by atoms with Crippen LogP contribution in [-0.4, -0.2) is 9.55 Å². The number of fused-ring (bicyclic) bond motifs is 1. The van der Waals surface area contributed by atoms with Crippen molar-refractivity contribution in [3.8, 4) is 5.69 Å². The van der Waals surface area contributed by atoms with Crippen LogP contribution >= 0.6 is 0 Å². The van der Waals surface area contributed by atoms with Crippen LogP contribution in [0.3, 0.4) is 0 Å². The molecule has 0 aliphatic heterocycles. The number of rotatable bonds is 1. The summed E-state index contributed by atoms with van der Waals surface area (Å²) >= 11 is 0. The monoisotopic (exact) mass is 250 g/mol. The van der Waals surface area contributed by atoms with Crippen molar-refractivity contribution < 1.29 is 0 Å². The Morgan fingerprint density at radius 3 is 2.53 bits per heavy atom. The molecule has 0 unspecified atom stereocenters. The first-order chi connectivity index (χ1) is 9.16. The predicted molar refractivity (Wildman–Crippen MR) is 76.8 cm³/mol. The van der Waals surface area contributed by atoms with Gasteiger partial charge in [0.25, 0.3) is 5.56 Å². The van der Waals surface area contributed by atoms with Gasteiger partial charge < -0.3 is 0 Å². The normalized spacial score (nSPS) is 10.8. The summed E-state index contributed by atoms with van der Waals surface area (Å²) in [6.07, 6.45) is 1.71. The molecular weight excluding hydrogens is 236 g/mol. The second kappa shape index (κ2) is 4.35. The van der Waals surface area contributed by atoms with Gasteiger partial charge in [0.05, 0.1) is 5.69 Å². The molecule has 0 saturated heterocycles. The van der Waals surface area contributed by atoms with E-state index in [1.165, 1.54) is 5.56 Å². The van der Waals surface area contributed by atoms with Crippen LogP contribution in [0, 0.1) is 13.8 Å². The number of hydrogen-bond donors (Lipinski definition) is 0. The van der Waals surface area contributed by atoms with E-state index in [1.54, 1.807) is 10.8 Å². The van der Waals surface area contributed by atoms with Crippen molar-refractivity contribution in [2.45, 2.75) is 13.8 Å². The first-order valence-corrected chi connectivity index (χ1v) is 6.21. The topological polar surface area (TPSA) is 34.9 Å². The zero-order chi connectivity index (χ0) is 13.4. The summed E-state index contributed by atoms with van der Waals surface area (Å²) in [5, 5.41) is 0.972. The quantitative estimate of drug-likeness (QED) is 0.665. The van der Waals surface area contributed by atoms with Gasteiger partial charge in [-0.05, 0) is 44.2 Å². The second-order valence-corrected chi connectivity index (χ2v) is 4.72. The molecule has 0 saturated carbocycles. The van der Waals surface area contributed by atoms with Gasteiger partial charge >= 0.3 is 0 Å². The van der Waals surface area contributed by atoms with Crippen LogP contribution in [0.5, 0.6) is 0 Å². The van der Waals surface area contributed by atoms with Crippen LogP contribution in [0.25, 0.3) is 16.7 Å². The lowest BCUT2D eigenvalue weighted by Gasteiger charge is -2.10. The van der Waals surface area contributed by atoms with Gasteiger partial charge in [0.15, 0.2) is 0 Å². The van der Waals surface area contributed by atoms with Crippen LogP contribution in [0.4, 0.5) is 0 Å². The summed E-state index contributed by atoms with van der Waals surface area (Å²) in [7, 11) is 0. The van der Waals surface area contributed by atoms with Crippen LogP contribution in [0.1, 0.15) is 11.1 Å². The van der Waals surface area contributed by atoms with Gasteiger partial charge in [-0.1, -0.05) is 17.7 Å².